The molecule has 92 valence electrons. The van der Waals surface area contributed by atoms with Crippen molar-refractivity contribution in [1.29, 1.82) is 0 Å². The van der Waals surface area contributed by atoms with E-state index in [1.165, 1.54) is 36.7 Å². The number of nitrogens with zero attached hydrogens (tertiary/aromatic N) is 2. The minimum Gasteiger partial charge on any atom is -0.264 e. The van der Waals surface area contributed by atoms with Gasteiger partial charge in [-0.2, -0.15) is 12.8 Å². The number of halogens is 1. The van der Waals surface area contributed by atoms with Crippen LogP contribution in [0.15, 0.2) is 58.1 Å². The van der Waals surface area contributed by atoms with Crippen LogP contribution < -0.4 is 0 Å². The van der Waals surface area contributed by atoms with E-state index in [-0.39, 0.29) is 4.90 Å². The molecule has 0 amide bonds. The highest BCUT2D eigenvalue weighted by molar-refractivity contribution is 7.90. The predicted molar refractivity (Wildman–Crippen MR) is 70.5 cm³/mol. The van der Waals surface area contributed by atoms with E-state index in [1.807, 2.05) is 0 Å². The van der Waals surface area contributed by atoms with Gasteiger partial charge in [0, 0.05) is 29.2 Å². The van der Waals surface area contributed by atoms with E-state index in [0.29, 0.717) is 10.6 Å². The van der Waals surface area contributed by atoms with Gasteiger partial charge in [0.05, 0.1) is 4.90 Å². The van der Waals surface area contributed by atoms with Crippen LogP contribution in [0, 0.1) is 0 Å². The van der Waals surface area contributed by atoms with Gasteiger partial charge < -0.3 is 0 Å². The molecule has 0 saturated carbocycles. The third kappa shape index (κ3) is 3.15. The first-order valence-corrected chi connectivity index (χ1v) is 6.86. The molecular weight excluding hydrogens is 272 g/mol. The van der Waals surface area contributed by atoms with Crippen molar-refractivity contribution in [1.82, 2.24) is 4.98 Å². The molecule has 0 saturated heterocycles. The van der Waals surface area contributed by atoms with Gasteiger partial charge in [-0.05, 0) is 30.3 Å². The first kappa shape index (κ1) is 12.7. The number of hydrogen-bond acceptors (Lipinski definition) is 3. The van der Waals surface area contributed by atoms with Gasteiger partial charge in [0.25, 0.3) is 10.0 Å². The van der Waals surface area contributed by atoms with Crippen LogP contribution in [-0.2, 0) is 10.0 Å². The molecule has 2 rings (SSSR count). The van der Waals surface area contributed by atoms with Gasteiger partial charge in [0.15, 0.2) is 0 Å². The number of aromatic nitrogens is 1. The lowest BCUT2D eigenvalue weighted by molar-refractivity contribution is 0.598. The Morgan fingerprint density at radius 1 is 1.17 bits per heavy atom. The third-order valence-corrected chi connectivity index (χ3v) is 3.64. The normalized spacial score (nSPS) is 11.8. The summed E-state index contributed by atoms with van der Waals surface area (Å²) in [7, 11) is -3.69. The lowest BCUT2D eigenvalue weighted by Crippen LogP contribution is -1.97. The van der Waals surface area contributed by atoms with Crippen LogP contribution >= 0.6 is 11.6 Å². The molecule has 4 nitrogen and oxygen atoms in total. The zero-order chi connectivity index (χ0) is 13.0. The van der Waals surface area contributed by atoms with E-state index in [0.717, 1.165) is 0 Å². The van der Waals surface area contributed by atoms with E-state index >= 15 is 0 Å². The van der Waals surface area contributed by atoms with Crippen molar-refractivity contribution in [3.63, 3.8) is 0 Å². The van der Waals surface area contributed by atoms with Crippen LogP contribution in [0.2, 0.25) is 5.02 Å². The van der Waals surface area contributed by atoms with E-state index in [1.54, 1.807) is 18.3 Å². The summed E-state index contributed by atoms with van der Waals surface area (Å²) in [5.41, 5.74) is 0.620. The summed E-state index contributed by atoms with van der Waals surface area (Å²) >= 11 is 5.69. The summed E-state index contributed by atoms with van der Waals surface area (Å²) in [4.78, 5) is 3.97. The molecule has 0 fully saturated rings. The molecule has 1 heterocycles. The summed E-state index contributed by atoms with van der Waals surface area (Å²) in [6, 6.07) is 9.27. The Balaban J connectivity index is 2.28. The summed E-state index contributed by atoms with van der Waals surface area (Å²) in [6.45, 7) is 0. The second-order valence-electron chi connectivity index (χ2n) is 3.45. The maximum atomic E-state index is 11.9. The Kier molecular flexibility index (Phi) is 3.74. The second-order valence-corrected chi connectivity index (χ2v) is 5.52. The third-order valence-electron chi connectivity index (χ3n) is 2.14. The standard InChI is InChI=1S/C12H9ClN2O2S/c13-11-3-5-12(6-4-11)18(16,17)15-9-10-2-1-7-14-8-10/h1-9H/b15-9+. The zero-order valence-corrected chi connectivity index (χ0v) is 10.8. The molecule has 0 N–H and O–H groups in total. The van der Waals surface area contributed by atoms with Crippen LogP contribution in [0.1, 0.15) is 5.56 Å². The van der Waals surface area contributed by atoms with Gasteiger partial charge in [-0.15, -0.1) is 0 Å². The van der Waals surface area contributed by atoms with E-state index in [2.05, 4.69) is 9.38 Å². The molecule has 1 aromatic heterocycles. The van der Waals surface area contributed by atoms with Gasteiger partial charge in [-0.3, -0.25) is 4.98 Å². The molecule has 1 aromatic carbocycles. The van der Waals surface area contributed by atoms with E-state index < -0.39 is 10.0 Å². The van der Waals surface area contributed by atoms with E-state index in [9.17, 15) is 8.42 Å². The Labute approximate surface area is 110 Å². The maximum Gasteiger partial charge on any atom is 0.282 e. The Morgan fingerprint density at radius 2 is 1.89 bits per heavy atom. The smallest absolute Gasteiger partial charge is 0.264 e. The fraction of sp³-hybridized carbons (Fsp3) is 0. The zero-order valence-electron chi connectivity index (χ0n) is 9.19. The largest absolute Gasteiger partial charge is 0.282 e. The lowest BCUT2D eigenvalue weighted by Gasteiger charge is -1.98. The van der Waals surface area contributed by atoms with Crippen molar-refractivity contribution in [3.8, 4) is 0 Å². The van der Waals surface area contributed by atoms with Gasteiger partial charge in [-0.25, -0.2) is 0 Å². The highest BCUT2D eigenvalue weighted by Crippen LogP contribution is 2.15. The molecule has 0 radical (unpaired) electrons. The van der Waals surface area contributed by atoms with Crippen LogP contribution in [-0.4, -0.2) is 19.6 Å². The molecule has 0 bridgehead atoms. The van der Waals surface area contributed by atoms with E-state index in [4.69, 9.17) is 11.6 Å². The van der Waals surface area contributed by atoms with Crippen molar-refractivity contribution in [2.75, 3.05) is 0 Å². The first-order chi connectivity index (χ1) is 8.58. The molecule has 0 aliphatic rings. The molecule has 6 heteroatoms. The molecule has 18 heavy (non-hydrogen) atoms. The van der Waals surface area contributed by atoms with Crippen LogP contribution in [0.5, 0.6) is 0 Å². The maximum absolute atomic E-state index is 11.9. The first-order valence-electron chi connectivity index (χ1n) is 5.04. The topological polar surface area (TPSA) is 59.4 Å². The van der Waals surface area contributed by atoms with Crippen molar-refractivity contribution >= 4 is 27.8 Å². The number of rotatable bonds is 3. The molecule has 0 spiro atoms. The molecular formula is C12H9ClN2O2S. The fourth-order valence-electron chi connectivity index (χ4n) is 1.25. The number of hydrogen-bond donors (Lipinski definition) is 0. The monoisotopic (exact) mass is 280 g/mol. The van der Waals surface area contributed by atoms with Gasteiger partial charge in [0.2, 0.25) is 0 Å². The molecule has 0 unspecified atom stereocenters. The lowest BCUT2D eigenvalue weighted by atomic mass is 10.3. The fourth-order valence-corrected chi connectivity index (χ4v) is 2.24. The van der Waals surface area contributed by atoms with Crippen molar-refractivity contribution in [3.05, 3.63) is 59.4 Å². The summed E-state index contributed by atoms with van der Waals surface area (Å²) in [5.74, 6) is 0. The Hall–Kier alpha value is -1.72. The van der Waals surface area contributed by atoms with Gasteiger partial charge >= 0.3 is 0 Å². The average molecular weight is 281 g/mol. The van der Waals surface area contributed by atoms with Crippen LogP contribution in [0.3, 0.4) is 0 Å². The molecule has 0 atom stereocenters. The number of benzene rings is 1. The number of sulfonamides is 1. The minimum atomic E-state index is -3.69. The predicted octanol–water partition coefficient (Wildman–Crippen LogP) is 2.54. The van der Waals surface area contributed by atoms with Crippen LogP contribution in [0.25, 0.3) is 0 Å². The highest BCUT2D eigenvalue weighted by Gasteiger charge is 2.10. The quantitative estimate of drug-likeness (QED) is 0.812. The van der Waals surface area contributed by atoms with Crippen LogP contribution in [0.4, 0.5) is 0 Å². The SMILES string of the molecule is O=S(=O)(/N=C/c1cccnc1)c1ccc(Cl)cc1. The Bertz CT molecular complexity index is 652. The molecule has 0 aliphatic heterocycles. The second kappa shape index (κ2) is 5.29. The van der Waals surface area contributed by atoms with Crippen molar-refractivity contribution in [2.45, 2.75) is 4.90 Å². The minimum absolute atomic E-state index is 0.104. The summed E-state index contributed by atoms with van der Waals surface area (Å²) < 4.78 is 27.3. The van der Waals surface area contributed by atoms with Crippen molar-refractivity contribution in [2.24, 2.45) is 4.40 Å². The highest BCUT2D eigenvalue weighted by atomic mass is 35.5. The average Bonchev–Trinajstić information content (AvgIpc) is 2.38. The van der Waals surface area contributed by atoms with Gasteiger partial charge in [0.1, 0.15) is 0 Å². The molecule has 0 aliphatic carbocycles. The number of pyridine rings is 1. The van der Waals surface area contributed by atoms with Crippen molar-refractivity contribution < 1.29 is 8.42 Å². The summed E-state index contributed by atoms with van der Waals surface area (Å²) in [5, 5.41) is 0.477. The summed E-state index contributed by atoms with van der Waals surface area (Å²) in [6.07, 6.45) is 4.39. The Morgan fingerprint density at radius 3 is 2.50 bits per heavy atom. The molecule has 2 aromatic rings. The van der Waals surface area contributed by atoms with Gasteiger partial charge in [-0.1, -0.05) is 17.7 Å².